The first-order chi connectivity index (χ1) is 8.97. The Morgan fingerprint density at radius 3 is 2.42 bits per heavy atom. The lowest BCUT2D eigenvalue weighted by Gasteiger charge is -2.27. The first-order valence-corrected chi connectivity index (χ1v) is 6.52. The predicted molar refractivity (Wildman–Crippen MR) is 75.2 cm³/mol. The summed E-state index contributed by atoms with van der Waals surface area (Å²) in [7, 11) is 0. The molecule has 0 amide bonds. The van der Waals surface area contributed by atoms with Crippen LogP contribution >= 0.6 is 0 Å². The number of carbonyl (C=O) groups excluding carboxylic acids is 1. The number of carbonyl (C=O) groups is 1. The number of nitrogens with one attached hydrogen (secondary N) is 1. The van der Waals surface area contributed by atoms with Gasteiger partial charge in [0.15, 0.2) is 0 Å². The highest BCUT2D eigenvalue weighted by molar-refractivity contribution is 5.81. The van der Waals surface area contributed by atoms with Crippen molar-refractivity contribution in [2.45, 2.75) is 26.7 Å². The second kappa shape index (κ2) is 5.53. The van der Waals surface area contributed by atoms with Crippen LogP contribution in [0.3, 0.4) is 0 Å². The van der Waals surface area contributed by atoms with Crippen molar-refractivity contribution in [2.24, 2.45) is 10.6 Å². The second-order valence-electron chi connectivity index (χ2n) is 5.89. The van der Waals surface area contributed by atoms with Crippen molar-refractivity contribution in [3.63, 3.8) is 0 Å². The molecule has 1 heterocycles. The number of hydrogen-bond acceptors (Lipinski definition) is 4. The molecule has 4 heteroatoms. The molecular weight excluding hydrogens is 240 g/mol. The lowest BCUT2D eigenvalue weighted by molar-refractivity contribution is -0.152. The standard InChI is InChI=1S/C15H20N2O2/c1-15(2,3)14(18)19-17-8-11-4-6-12(7-5-11)13-9-16-10-13/h4-8,13,16H,9-10H2,1-3H3. The molecule has 1 saturated heterocycles. The molecule has 0 bridgehead atoms. The van der Waals surface area contributed by atoms with Crippen LogP contribution in [-0.2, 0) is 9.63 Å². The molecule has 0 atom stereocenters. The Balaban J connectivity index is 1.90. The highest BCUT2D eigenvalue weighted by Gasteiger charge is 2.23. The highest BCUT2D eigenvalue weighted by atomic mass is 16.7. The molecule has 1 aliphatic rings. The summed E-state index contributed by atoms with van der Waals surface area (Å²) < 4.78 is 0. The van der Waals surface area contributed by atoms with Gasteiger partial charge in [0.05, 0.1) is 11.6 Å². The monoisotopic (exact) mass is 260 g/mol. The van der Waals surface area contributed by atoms with E-state index in [1.807, 2.05) is 12.1 Å². The molecule has 2 rings (SSSR count). The van der Waals surface area contributed by atoms with Crippen LogP contribution in [0.5, 0.6) is 0 Å². The van der Waals surface area contributed by atoms with E-state index in [1.165, 1.54) is 5.56 Å². The van der Waals surface area contributed by atoms with Crippen LogP contribution in [0.25, 0.3) is 0 Å². The van der Waals surface area contributed by atoms with Gasteiger partial charge in [0.1, 0.15) is 0 Å². The maximum absolute atomic E-state index is 11.5. The van der Waals surface area contributed by atoms with Crippen molar-refractivity contribution in [3.8, 4) is 0 Å². The minimum Gasteiger partial charge on any atom is -0.318 e. The fourth-order valence-corrected chi connectivity index (χ4v) is 1.65. The largest absolute Gasteiger partial charge is 0.340 e. The maximum atomic E-state index is 11.5. The molecular formula is C15H20N2O2. The number of nitrogens with zero attached hydrogens (tertiary/aromatic N) is 1. The number of benzene rings is 1. The van der Waals surface area contributed by atoms with Crippen molar-refractivity contribution in [3.05, 3.63) is 35.4 Å². The quantitative estimate of drug-likeness (QED) is 0.515. The third-order valence-corrected chi connectivity index (χ3v) is 3.14. The normalized spacial score (nSPS) is 16.4. The zero-order chi connectivity index (χ0) is 13.9. The van der Waals surface area contributed by atoms with Gasteiger partial charge in [-0.1, -0.05) is 29.4 Å². The zero-order valence-electron chi connectivity index (χ0n) is 11.6. The van der Waals surface area contributed by atoms with Crippen LogP contribution in [0.4, 0.5) is 0 Å². The van der Waals surface area contributed by atoms with Crippen LogP contribution in [0, 0.1) is 5.41 Å². The molecule has 0 saturated carbocycles. The van der Waals surface area contributed by atoms with Gasteiger partial charge in [0.2, 0.25) is 0 Å². The van der Waals surface area contributed by atoms with E-state index in [-0.39, 0.29) is 5.97 Å². The van der Waals surface area contributed by atoms with Gasteiger partial charge < -0.3 is 10.2 Å². The summed E-state index contributed by atoms with van der Waals surface area (Å²) in [6.45, 7) is 7.50. The van der Waals surface area contributed by atoms with E-state index in [2.05, 4.69) is 22.6 Å². The molecule has 0 spiro atoms. The van der Waals surface area contributed by atoms with Gasteiger partial charge in [0, 0.05) is 19.0 Å². The molecule has 102 valence electrons. The van der Waals surface area contributed by atoms with Crippen LogP contribution < -0.4 is 5.32 Å². The zero-order valence-corrected chi connectivity index (χ0v) is 11.6. The molecule has 1 N–H and O–H groups in total. The summed E-state index contributed by atoms with van der Waals surface area (Å²) in [5.41, 5.74) is 1.73. The van der Waals surface area contributed by atoms with E-state index < -0.39 is 5.41 Å². The SMILES string of the molecule is CC(C)(C)C(=O)ON=Cc1ccc(C2CNC2)cc1. The van der Waals surface area contributed by atoms with Gasteiger partial charge in [-0.25, -0.2) is 4.79 Å². The molecule has 1 aromatic rings. The number of hydrogen-bond donors (Lipinski definition) is 1. The Morgan fingerprint density at radius 1 is 1.32 bits per heavy atom. The van der Waals surface area contributed by atoms with Gasteiger partial charge >= 0.3 is 5.97 Å². The van der Waals surface area contributed by atoms with Crippen LogP contribution in [0.15, 0.2) is 29.4 Å². The van der Waals surface area contributed by atoms with E-state index in [9.17, 15) is 4.79 Å². The Morgan fingerprint density at radius 2 is 1.95 bits per heavy atom. The van der Waals surface area contributed by atoms with Gasteiger partial charge in [0.25, 0.3) is 0 Å². The van der Waals surface area contributed by atoms with E-state index in [4.69, 9.17) is 4.84 Å². The summed E-state index contributed by atoms with van der Waals surface area (Å²) in [5.74, 6) is 0.297. The fourth-order valence-electron chi connectivity index (χ4n) is 1.65. The van der Waals surface area contributed by atoms with Gasteiger partial charge in [-0.2, -0.15) is 0 Å². The molecule has 0 unspecified atom stereocenters. The van der Waals surface area contributed by atoms with Crippen LogP contribution in [-0.4, -0.2) is 25.3 Å². The van der Waals surface area contributed by atoms with E-state index in [0.29, 0.717) is 5.92 Å². The van der Waals surface area contributed by atoms with Crippen LogP contribution in [0.2, 0.25) is 0 Å². The van der Waals surface area contributed by atoms with Gasteiger partial charge in [-0.05, 0) is 31.9 Å². The molecule has 1 fully saturated rings. The number of oxime groups is 1. The Bertz CT molecular complexity index is 468. The summed E-state index contributed by atoms with van der Waals surface area (Å²) in [6.07, 6.45) is 1.56. The highest BCUT2D eigenvalue weighted by Crippen LogP contribution is 2.19. The molecule has 1 aliphatic heterocycles. The fraction of sp³-hybridized carbons (Fsp3) is 0.467. The van der Waals surface area contributed by atoms with Crippen molar-refractivity contribution in [1.29, 1.82) is 0 Å². The van der Waals surface area contributed by atoms with E-state index in [0.717, 1.165) is 18.7 Å². The van der Waals surface area contributed by atoms with Crippen molar-refractivity contribution in [2.75, 3.05) is 13.1 Å². The predicted octanol–water partition coefficient (Wildman–Crippen LogP) is 2.30. The van der Waals surface area contributed by atoms with Crippen molar-refractivity contribution >= 4 is 12.2 Å². The van der Waals surface area contributed by atoms with Crippen molar-refractivity contribution in [1.82, 2.24) is 5.32 Å². The van der Waals surface area contributed by atoms with Crippen molar-refractivity contribution < 1.29 is 9.63 Å². The molecule has 0 radical (unpaired) electrons. The van der Waals surface area contributed by atoms with E-state index >= 15 is 0 Å². The average Bonchev–Trinajstić information content (AvgIpc) is 2.27. The van der Waals surface area contributed by atoms with E-state index in [1.54, 1.807) is 27.0 Å². The maximum Gasteiger partial charge on any atom is 0.340 e. The Kier molecular flexibility index (Phi) is 4.00. The first-order valence-electron chi connectivity index (χ1n) is 6.52. The van der Waals surface area contributed by atoms with Crippen LogP contribution in [0.1, 0.15) is 37.8 Å². The van der Waals surface area contributed by atoms with Gasteiger partial charge in [-0.3, -0.25) is 0 Å². The summed E-state index contributed by atoms with van der Waals surface area (Å²) in [6, 6.07) is 8.17. The first kappa shape index (κ1) is 13.7. The molecule has 1 aromatic carbocycles. The Hall–Kier alpha value is -1.68. The number of rotatable bonds is 3. The van der Waals surface area contributed by atoms with Gasteiger partial charge in [-0.15, -0.1) is 0 Å². The molecule has 4 nitrogen and oxygen atoms in total. The lowest BCUT2D eigenvalue weighted by Crippen LogP contribution is -2.39. The molecule has 0 aliphatic carbocycles. The third-order valence-electron chi connectivity index (χ3n) is 3.14. The summed E-state index contributed by atoms with van der Waals surface area (Å²) >= 11 is 0. The molecule has 0 aromatic heterocycles. The average molecular weight is 260 g/mol. The summed E-state index contributed by atoms with van der Waals surface area (Å²) in [4.78, 5) is 16.3. The minimum absolute atomic E-state index is 0.332. The lowest BCUT2D eigenvalue weighted by atomic mass is 9.93. The topological polar surface area (TPSA) is 50.7 Å². The minimum atomic E-state index is -0.529. The smallest absolute Gasteiger partial charge is 0.318 e. The summed E-state index contributed by atoms with van der Waals surface area (Å²) in [5, 5.41) is 6.98. The molecule has 19 heavy (non-hydrogen) atoms. The Labute approximate surface area is 113 Å². The second-order valence-corrected chi connectivity index (χ2v) is 5.89. The third kappa shape index (κ3) is 3.64.